The fourth-order valence-corrected chi connectivity index (χ4v) is 2.86. The third-order valence-corrected chi connectivity index (χ3v) is 4.72. The smallest absolute Gasteiger partial charge is 0.307 e. The quantitative estimate of drug-likeness (QED) is 0.395. The molecule has 142 valence electrons. The van der Waals surface area contributed by atoms with Crippen molar-refractivity contribution < 1.29 is 19.1 Å². The number of thioether (sulfide) groups is 1. The number of ether oxygens (including phenoxy) is 1. The maximum absolute atomic E-state index is 12.1. The van der Waals surface area contributed by atoms with Gasteiger partial charge in [-0.25, -0.2) is 0 Å². The molecule has 0 radical (unpaired) electrons. The van der Waals surface area contributed by atoms with E-state index in [-0.39, 0.29) is 18.6 Å². The fraction of sp³-hybridized carbons (Fsp3) is 0.250. The summed E-state index contributed by atoms with van der Waals surface area (Å²) in [5, 5.41) is 3.11. The van der Waals surface area contributed by atoms with Crippen LogP contribution in [-0.4, -0.2) is 30.0 Å². The van der Waals surface area contributed by atoms with E-state index in [4.69, 9.17) is 16.3 Å². The average Bonchev–Trinajstić information content (AvgIpc) is 2.66. The predicted octanol–water partition coefficient (Wildman–Crippen LogP) is 4.60. The number of carbonyl (C=O) groups is 3. The lowest BCUT2D eigenvalue weighted by atomic mass is 10.1. The molecule has 0 fully saturated rings. The second-order valence-electron chi connectivity index (χ2n) is 5.78. The Morgan fingerprint density at radius 2 is 1.81 bits per heavy atom. The minimum absolute atomic E-state index is 0.0279. The Morgan fingerprint density at radius 1 is 1.11 bits per heavy atom. The van der Waals surface area contributed by atoms with Crippen LogP contribution in [0, 0.1) is 0 Å². The van der Waals surface area contributed by atoms with Crippen molar-refractivity contribution in [1.82, 2.24) is 0 Å². The second kappa shape index (κ2) is 10.1. The Morgan fingerprint density at radius 3 is 2.44 bits per heavy atom. The van der Waals surface area contributed by atoms with Crippen LogP contribution in [0.25, 0.3) is 0 Å². The number of benzene rings is 2. The van der Waals surface area contributed by atoms with Gasteiger partial charge in [0.2, 0.25) is 0 Å². The Bertz CT molecular complexity index is 823. The van der Waals surface area contributed by atoms with Gasteiger partial charge in [-0.3, -0.25) is 14.4 Å². The molecule has 0 heterocycles. The van der Waals surface area contributed by atoms with Gasteiger partial charge in [0.25, 0.3) is 5.91 Å². The number of esters is 1. The van der Waals surface area contributed by atoms with E-state index in [1.807, 2.05) is 18.4 Å². The van der Waals surface area contributed by atoms with Gasteiger partial charge >= 0.3 is 5.97 Å². The van der Waals surface area contributed by atoms with Gasteiger partial charge in [0.1, 0.15) is 0 Å². The van der Waals surface area contributed by atoms with Crippen LogP contribution in [0.15, 0.2) is 53.4 Å². The van der Waals surface area contributed by atoms with E-state index in [2.05, 4.69) is 5.32 Å². The fourth-order valence-electron chi connectivity index (χ4n) is 2.26. The average molecular weight is 406 g/mol. The lowest BCUT2D eigenvalue weighted by molar-refractivity contribution is -0.153. The molecule has 0 unspecified atom stereocenters. The van der Waals surface area contributed by atoms with Crippen molar-refractivity contribution >= 4 is 46.7 Å². The predicted molar refractivity (Wildman–Crippen MR) is 107 cm³/mol. The van der Waals surface area contributed by atoms with Gasteiger partial charge in [0, 0.05) is 27.6 Å². The number of nitrogens with one attached hydrogen (secondary N) is 1. The van der Waals surface area contributed by atoms with E-state index >= 15 is 0 Å². The van der Waals surface area contributed by atoms with E-state index in [0.717, 1.165) is 4.90 Å². The van der Waals surface area contributed by atoms with E-state index in [9.17, 15) is 14.4 Å². The van der Waals surface area contributed by atoms with Crippen molar-refractivity contribution in [2.45, 2.75) is 30.8 Å². The van der Waals surface area contributed by atoms with Gasteiger partial charge in [-0.15, -0.1) is 11.8 Å². The van der Waals surface area contributed by atoms with Crippen molar-refractivity contribution in [1.29, 1.82) is 0 Å². The Balaban J connectivity index is 1.79. The standard InChI is InChI=1S/C20H20ClNO4S/c1-13(20(25)22-16-5-3-4-15(21)12-16)26-19(24)11-10-18(23)14-6-8-17(27-2)9-7-14/h3-9,12-13H,10-11H2,1-2H3,(H,22,25)/t13-/m1/s1. The molecule has 5 nitrogen and oxygen atoms in total. The van der Waals surface area contributed by atoms with Crippen LogP contribution < -0.4 is 5.32 Å². The molecule has 1 amide bonds. The monoisotopic (exact) mass is 405 g/mol. The first-order valence-corrected chi connectivity index (χ1v) is 9.92. The lowest BCUT2D eigenvalue weighted by Gasteiger charge is -2.13. The summed E-state index contributed by atoms with van der Waals surface area (Å²) < 4.78 is 5.10. The van der Waals surface area contributed by atoms with Crippen LogP contribution in [0.2, 0.25) is 5.02 Å². The van der Waals surface area contributed by atoms with E-state index in [1.165, 1.54) is 6.92 Å². The molecule has 1 N–H and O–H groups in total. The summed E-state index contributed by atoms with van der Waals surface area (Å²) in [6.45, 7) is 1.47. The minimum atomic E-state index is -0.979. The molecular formula is C20H20ClNO4S. The molecule has 27 heavy (non-hydrogen) atoms. The molecule has 0 spiro atoms. The van der Waals surface area contributed by atoms with Gasteiger partial charge < -0.3 is 10.1 Å². The van der Waals surface area contributed by atoms with Crippen LogP contribution in [0.4, 0.5) is 5.69 Å². The zero-order valence-electron chi connectivity index (χ0n) is 15.0. The van der Waals surface area contributed by atoms with E-state index < -0.39 is 18.0 Å². The number of rotatable bonds is 8. The Labute approximate surface area is 167 Å². The molecule has 0 aliphatic heterocycles. The normalized spacial score (nSPS) is 11.5. The third kappa shape index (κ3) is 6.73. The molecular weight excluding hydrogens is 386 g/mol. The van der Waals surface area contributed by atoms with Crippen molar-refractivity contribution in [3.8, 4) is 0 Å². The zero-order valence-corrected chi connectivity index (χ0v) is 16.6. The molecule has 1 atom stereocenters. The van der Waals surface area contributed by atoms with Crippen molar-refractivity contribution in [3.63, 3.8) is 0 Å². The van der Waals surface area contributed by atoms with Gasteiger partial charge in [0.15, 0.2) is 11.9 Å². The molecule has 0 saturated carbocycles. The van der Waals surface area contributed by atoms with E-state index in [0.29, 0.717) is 16.3 Å². The first-order valence-electron chi connectivity index (χ1n) is 8.32. The Hall–Kier alpha value is -2.31. The number of carbonyl (C=O) groups excluding carboxylic acids is 3. The highest BCUT2D eigenvalue weighted by molar-refractivity contribution is 7.98. The molecule has 0 saturated heterocycles. The van der Waals surface area contributed by atoms with Crippen LogP contribution in [0.5, 0.6) is 0 Å². The largest absolute Gasteiger partial charge is 0.453 e. The summed E-state index contributed by atoms with van der Waals surface area (Å²) >= 11 is 7.45. The highest BCUT2D eigenvalue weighted by atomic mass is 35.5. The highest BCUT2D eigenvalue weighted by Crippen LogP contribution is 2.17. The second-order valence-corrected chi connectivity index (χ2v) is 7.10. The summed E-state index contributed by atoms with van der Waals surface area (Å²) in [5.41, 5.74) is 1.06. The third-order valence-electron chi connectivity index (χ3n) is 3.74. The number of Topliss-reactive ketones (excluding diaryl/α,β-unsaturated/α-hetero) is 1. The molecule has 0 aliphatic rings. The summed E-state index contributed by atoms with van der Waals surface area (Å²) in [7, 11) is 0. The summed E-state index contributed by atoms with van der Waals surface area (Å²) in [4.78, 5) is 37.2. The number of ketones is 1. The summed E-state index contributed by atoms with van der Waals surface area (Å²) in [6, 6.07) is 13.9. The van der Waals surface area contributed by atoms with Crippen LogP contribution >= 0.6 is 23.4 Å². The lowest BCUT2D eigenvalue weighted by Crippen LogP contribution is -2.30. The highest BCUT2D eigenvalue weighted by Gasteiger charge is 2.19. The molecule has 2 aromatic rings. The molecule has 0 aromatic heterocycles. The van der Waals surface area contributed by atoms with Crippen LogP contribution in [0.1, 0.15) is 30.1 Å². The van der Waals surface area contributed by atoms with Crippen LogP contribution in [0.3, 0.4) is 0 Å². The maximum atomic E-state index is 12.1. The summed E-state index contributed by atoms with van der Waals surface area (Å²) in [6.07, 6.45) is 0.918. The number of anilines is 1. The van der Waals surface area contributed by atoms with Crippen molar-refractivity contribution in [3.05, 3.63) is 59.1 Å². The summed E-state index contributed by atoms with van der Waals surface area (Å²) in [5.74, 6) is -1.21. The van der Waals surface area contributed by atoms with Crippen molar-refractivity contribution in [2.24, 2.45) is 0 Å². The van der Waals surface area contributed by atoms with Gasteiger partial charge in [-0.1, -0.05) is 29.8 Å². The van der Waals surface area contributed by atoms with Crippen LogP contribution in [-0.2, 0) is 14.3 Å². The zero-order chi connectivity index (χ0) is 19.8. The number of hydrogen-bond donors (Lipinski definition) is 1. The van der Waals surface area contributed by atoms with Gasteiger partial charge in [-0.2, -0.15) is 0 Å². The van der Waals surface area contributed by atoms with Gasteiger partial charge in [-0.05, 0) is 43.5 Å². The topological polar surface area (TPSA) is 72.5 Å². The van der Waals surface area contributed by atoms with E-state index in [1.54, 1.807) is 48.2 Å². The maximum Gasteiger partial charge on any atom is 0.307 e. The molecule has 0 bridgehead atoms. The SMILES string of the molecule is CSc1ccc(C(=O)CCC(=O)O[C@H](C)C(=O)Nc2cccc(Cl)c2)cc1. The number of amides is 1. The molecule has 2 aromatic carbocycles. The first kappa shape index (κ1) is 21.0. The van der Waals surface area contributed by atoms with Crippen molar-refractivity contribution in [2.75, 3.05) is 11.6 Å². The minimum Gasteiger partial charge on any atom is -0.453 e. The number of halogens is 1. The van der Waals surface area contributed by atoms with Gasteiger partial charge in [0.05, 0.1) is 6.42 Å². The Kier molecular flexibility index (Phi) is 7.88. The number of hydrogen-bond acceptors (Lipinski definition) is 5. The molecule has 0 aliphatic carbocycles. The molecule has 2 rings (SSSR count). The first-order chi connectivity index (χ1) is 12.9. The molecule has 7 heteroatoms.